The van der Waals surface area contributed by atoms with E-state index in [0.29, 0.717) is 23.7 Å². The molecule has 9 nitrogen and oxygen atoms in total. The summed E-state index contributed by atoms with van der Waals surface area (Å²) < 4.78 is 12.2. The van der Waals surface area contributed by atoms with Crippen molar-refractivity contribution >= 4 is 29.2 Å². The average molecular weight is 353 g/mol. The number of nitrogens with one attached hydrogen (secondary N) is 1. The van der Waals surface area contributed by atoms with Gasteiger partial charge in [0.1, 0.15) is 18.9 Å². The van der Waals surface area contributed by atoms with Crippen LogP contribution in [0.4, 0.5) is 16.3 Å². The van der Waals surface area contributed by atoms with Gasteiger partial charge in [0.2, 0.25) is 0 Å². The Bertz CT molecular complexity index is 761. The van der Waals surface area contributed by atoms with Crippen molar-refractivity contribution in [1.82, 2.24) is 9.55 Å². The lowest BCUT2D eigenvalue weighted by Crippen LogP contribution is -2.32. The molecule has 0 radical (unpaired) electrons. The highest BCUT2D eigenvalue weighted by Crippen LogP contribution is 2.24. The number of rotatable bonds is 4. The fourth-order valence-electron chi connectivity index (χ4n) is 2.19. The molecule has 1 aromatic carbocycles. The topological polar surface area (TPSA) is 109 Å². The summed E-state index contributed by atoms with van der Waals surface area (Å²) >= 11 is 5.76. The van der Waals surface area contributed by atoms with Crippen LogP contribution in [0.25, 0.3) is 0 Å². The number of hydrogen-bond donors (Lipinski definition) is 1. The molecule has 1 aliphatic heterocycles. The van der Waals surface area contributed by atoms with Crippen LogP contribution < -0.4 is 10.1 Å². The third-order valence-electron chi connectivity index (χ3n) is 3.37. The van der Waals surface area contributed by atoms with Gasteiger partial charge in [-0.1, -0.05) is 11.6 Å². The fraction of sp³-hybridized carbons (Fsp3) is 0.286. The van der Waals surface area contributed by atoms with Crippen molar-refractivity contribution in [2.24, 2.45) is 0 Å². The highest BCUT2D eigenvalue weighted by molar-refractivity contribution is 6.30. The summed E-state index contributed by atoms with van der Waals surface area (Å²) in [6.45, 7) is 0.517. The smallest absolute Gasteiger partial charge is 0.414 e. The van der Waals surface area contributed by atoms with E-state index in [0.717, 1.165) is 0 Å². The van der Waals surface area contributed by atoms with Crippen LogP contribution in [0.1, 0.15) is 6.42 Å². The first-order valence-electron chi connectivity index (χ1n) is 7.09. The summed E-state index contributed by atoms with van der Waals surface area (Å²) in [7, 11) is 0. The SMILES string of the molecule is O=C(Nc1ccc(Cl)cc1)OCC1CCn2cc([N+](=O)[O-])nc2O1. The van der Waals surface area contributed by atoms with Crippen LogP contribution in [-0.2, 0) is 11.3 Å². The van der Waals surface area contributed by atoms with Gasteiger partial charge >= 0.3 is 17.9 Å². The number of aromatic nitrogens is 2. The molecule has 2 aromatic rings. The summed E-state index contributed by atoms with van der Waals surface area (Å²) in [6.07, 6.45) is 0.838. The maximum atomic E-state index is 11.7. The number of nitrogens with zero attached hydrogens (tertiary/aromatic N) is 3. The molecule has 2 heterocycles. The Morgan fingerprint density at radius 1 is 1.50 bits per heavy atom. The Hall–Kier alpha value is -2.81. The number of carbonyl (C=O) groups excluding carboxylic acids is 1. The number of carbonyl (C=O) groups is 1. The molecule has 1 unspecified atom stereocenters. The Balaban J connectivity index is 1.51. The number of imidazole rings is 1. The number of ether oxygens (including phenoxy) is 2. The van der Waals surface area contributed by atoms with E-state index in [4.69, 9.17) is 21.1 Å². The molecule has 24 heavy (non-hydrogen) atoms. The normalized spacial score (nSPS) is 16.0. The number of halogens is 1. The van der Waals surface area contributed by atoms with E-state index < -0.39 is 17.1 Å². The van der Waals surface area contributed by atoms with Gasteiger partial charge in [0.15, 0.2) is 0 Å². The van der Waals surface area contributed by atoms with E-state index in [1.165, 1.54) is 6.20 Å². The number of benzene rings is 1. The Labute approximate surface area is 141 Å². The van der Waals surface area contributed by atoms with Crippen LogP contribution in [0, 0.1) is 10.1 Å². The number of hydrogen-bond acceptors (Lipinski definition) is 6. The number of amides is 1. The second kappa shape index (κ2) is 6.75. The average Bonchev–Trinajstić information content (AvgIpc) is 2.99. The predicted molar refractivity (Wildman–Crippen MR) is 84.3 cm³/mol. The second-order valence-electron chi connectivity index (χ2n) is 5.09. The molecule has 126 valence electrons. The molecule has 0 bridgehead atoms. The second-order valence-corrected chi connectivity index (χ2v) is 5.53. The molecule has 0 saturated carbocycles. The number of nitro groups is 1. The minimum atomic E-state index is -0.624. The Morgan fingerprint density at radius 3 is 2.96 bits per heavy atom. The number of anilines is 1. The van der Waals surface area contributed by atoms with E-state index in [-0.39, 0.29) is 18.4 Å². The first-order chi connectivity index (χ1) is 11.5. The lowest BCUT2D eigenvalue weighted by Gasteiger charge is -2.21. The molecular weight excluding hydrogens is 340 g/mol. The highest BCUT2D eigenvalue weighted by Gasteiger charge is 2.28. The van der Waals surface area contributed by atoms with Gasteiger partial charge in [0.25, 0.3) is 0 Å². The van der Waals surface area contributed by atoms with Crippen molar-refractivity contribution in [2.45, 2.75) is 19.1 Å². The van der Waals surface area contributed by atoms with Gasteiger partial charge in [0.05, 0.1) is 0 Å². The van der Waals surface area contributed by atoms with Crippen LogP contribution in [0.15, 0.2) is 30.5 Å². The van der Waals surface area contributed by atoms with Crippen molar-refractivity contribution in [1.29, 1.82) is 0 Å². The van der Waals surface area contributed by atoms with Gasteiger partial charge in [-0.15, -0.1) is 0 Å². The highest BCUT2D eigenvalue weighted by atomic mass is 35.5. The maximum absolute atomic E-state index is 11.7. The van der Waals surface area contributed by atoms with Crippen molar-refractivity contribution < 1.29 is 19.2 Å². The van der Waals surface area contributed by atoms with Crippen LogP contribution >= 0.6 is 11.6 Å². The maximum Gasteiger partial charge on any atom is 0.414 e. The van der Waals surface area contributed by atoms with Gasteiger partial charge in [-0.3, -0.25) is 9.88 Å². The van der Waals surface area contributed by atoms with Crippen LogP contribution in [0.3, 0.4) is 0 Å². The lowest BCUT2D eigenvalue weighted by molar-refractivity contribution is -0.389. The minimum absolute atomic E-state index is 0.0140. The van der Waals surface area contributed by atoms with Crippen LogP contribution in [0.2, 0.25) is 5.02 Å². The first-order valence-corrected chi connectivity index (χ1v) is 7.46. The quantitative estimate of drug-likeness (QED) is 0.669. The van der Waals surface area contributed by atoms with Gasteiger partial charge in [-0.2, -0.15) is 0 Å². The van der Waals surface area contributed by atoms with Crippen molar-refractivity contribution in [2.75, 3.05) is 11.9 Å². The fourth-order valence-corrected chi connectivity index (χ4v) is 2.32. The molecule has 0 fully saturated rings. The zero-order valence-electron chi connectivity index (χ0n) is 12.3. The van der Waals surface area contributed by atoms with E-state index in [2.05, 4.69) is 10.3 Å². The van der Waals surface area contributed by atoms with Crippen LogP contribution in [0.5, 0.6) is 6.01 Å². The zero-order valence-corrected chi connectivity index (χ0v) is 13.1. The standard InChI is InChI=1S/C14H13ClN4O5/c15-9-1-3-10(4-2-9)16-14(20)23-8-11-5-6-18-7-12(19(21)22)17-13(18)24-11/h1-4,7,11H,5-6,8H2,(H,16,20). The molecule has 0 spiro atoms. The molecule has 1 aliphatic rings. The predicted octanol–water partition coefficient (Wildman–Crippen LogP) is 2.84. The summed E-state index contributed by atoms with van der Waals surface area (Å²) in [4.78, 5) is 25.6. The summed E-state index contributed by atoms with van der Waals surface area (Å²) in [5.41, 5.74) is 0.556. The van der Waals surface area contributed by atoms with Crippen molar-refractivity contribution in [3.63, 3.8) is 0 Å². The molecule has 1 atom stereocenters. The lowest BCUT2D eigenvalue weighted by atomic mass is 10.2. The summed E-state index contributed by atoms with van der Waals surface area (Å²) in [5.74, 6) is -0.271. The molecule has 10 heteroatoms. The van der Waals surface area contributed by atoms with E-state index >= 15 is 0 Å². The van der Waals surface area contributed by atoms with Crippen LogP contribution in [-0.4, -0.2) is 33.3 Å². The molecular formula is C14H13ClN4O5. The van der Waals surface area contributed by atoms with Gasteiger partial charge < -0.3 is 19.6 Å². The summed E-state index contributed by atoms with van der Waals surface area (Å²) in [6, 6.07) is 6.75. The Morgan fingerprint density at radius 2 is 2.25 bits per heavy atom. The first kappa shape index (κ1) is 16.1. The van der Waals surface area contributed by atoms with Gasteiger partial charge in [-0.05, 0) is 29.2 Å². The third kappa shape index (κ3) is 3.74. The minimum Gasteiger partial charge on any atom is -0.445 e. The number of aryl methyl sites for hydroxylation is 1. The van der Waals surface area contributed by atoms with Gasteiger partial charge in [0, 0.05) is 28.7 Å². The van der Waals surface area contributed by atoms with E-state index in [1.54, 1.807) is 28.8 Å². The monoisotopic (exact) mass is 352 g/mol. The molecule has 1 aromatic heterocycles. The summed E-state index contributed by atoms with van der Waals surface area (Å²) in [5, 5.41) is 13.8. The van der Waals surface area contributed by atoms with Crippen molar-refractivity contribution in [3.05, 3.63) is 45.6 Å². The van der Waals surface area contributed by atoms with E-state index in [1.807, 2.05) is 0 Å². The molecule has 3 rings (SSSR count). The number of fused-ring (bicyclic) bond motifs is 1. The largest absolute Gasteiger partial charge is 0.445 e. The Kier molecular flexibility index (Phi) is 4.52. The third-order valence-corrected chi connectivity index (χ3v) is 3.62. The van der Waals surface area contributed by atoms with Crippen molar-refractivity contribution in [3.8, 4) is 6.01 Å². The molecule has 1 amide bonds. The zero-order chi connectivity index (χ0) is 17.1. The molecule has 1 N–H and O–H groups in total. The van der Waals surface area contributed by atoms with E-state index in [9.17, 15) is 14.9 Å². The van der Waals surface area contributed by atoms with Gasteiger partial charge in [-0.25, -0.2) is 4.79 Å². The molecule has 0 aliphatic carbocycles. The molecule has 0 saturated heterocycles.